The number of ether oxygens (including phenoxy) is 2. The van der Waals surface area contributed by atoms with Crippen LogP contribution in [0.25, 0.3) is 0 Å². The van der Waals surface area contributed by atoms with E-state index in [2.05, 4.69) is 4.90 Å². The molecule has 0 aliphatic heterocycles. The van der Waals surface area contributed by atoms with E-state index < -0.39 is 0 Å². The van der Waals surface area contributed by atoms with Crippen molar-refractivity contribution in [2.24, 2.45) is 0 Å². The quantitative estimate of drug-likeness (QED) is 0.687. The molecule has 0 saturated heterocycles. The van der Waals surface area contributed by atoms with Crippen LogP contribution < -0.4 is 4.74 Å². The number of rotatable bonds is 7. The third-order valence-corrected chi connectivity index (χ3v) is 1.92. The zero-order valence-electron chi connectivity index (χ0n) is 9.89. The van der Waals surface area contributed by atoms with Gasteiger partial charge < -0.3 is 14.4 Å². The second-order valence-electron chi connectivity index (χ2n) is 3.58. The van der Waals surface area contributed by atoms with E-state index in [1.165, 1.54) is 0 Å². The van der Waals surface area contributed by atoms with Crippen LogP contribution in [-0.2, 0) is 4.74 Å². The van der Waals surface area contributed by atoms with Gasteiger partial charge in [-0.15, -0.1) is 12.4 Å². The minimum Gasteiger partial charge on any atom is -0.491 e. The molecule has 0 bridgehead atoms. The van der Waals surface area contributed by atoms with Gasteiger partial charge in [0.15, 0.2) is 0 Å². The number of hydrogen-bond donors (Lipinski definition) is 0. The molecule has 0 spiro atoms. The second-order valence-corrected chi connectivity index (χ2v) is 3.58. The van der Waals surface area contributed by atoms with Gasteiger partial charge >= 0.3 is 0 Å². The van der Waals surface area contributed by atoms with Gasteiger partial charge in [-0.3, -0.25) is 0 Å². The summed E-state index contributed by atoms with van der Waals surface area (Å²) in [5.74, 6) is 0.897. The average Bonchev–Trinajstić information content (AvgIpc) is 2.24. The molecule has 4 heteroatoms. The summed E-state index contributed by atoms with van der Waals surface area (Å²) in [4.78, 5) is 2.10. The average molecular weight is 246 g/mol. The molecule has 0 aliphatic carbocycles. The Kier molecular flexibility index (Phi) is 9.00. The minimum absolute atomic E-state index is 0. The topological polar surface area (TPSA) is 21.7 Å². The Morgan fingerprint density at radius 1 is 1.00 bits per heavy atom. The fourth-order valence-corrected chi connectivity index (χ4v) is 1.08. The summed E-state index contributed by atoms with van der Waals surface area (Å²) in [5, 5.41) is 0. The number of likely N-dealkylation sites (N-methyl/N-ethyl adjacent to an activating group) is 1. The van der Waals surface area contributed by atoms with Gasteiger partial charge in [0.05, 0.1) is 13.2 Å². The summed E-state index contributed by atoms with van der Waals surface area (Å²) < 4.78 is 10.9. The van der Waals surface area contributed by atoms with E-state index in [4.69, 9.17) is 9.47 Å². The Hall–Kier alpha value is -0.770. The maximum Gasteiger partial charge on any atom is 0.119 e. The first-order chi connectivity index (χ1) is 7.29. The summed E-state index contributed by atoms with van der Waals surface area (Å²) in [6.45, 7) is 2.96. The largest absolute Gasteiger partial charge is 0.491 e. The monoisotopic (exact) mass is 245 g/mol. The van der Waals surface area contributed by atoms with E-state index in [0.29, 0.717) is 13.2 Å². The van der Waals surface area contributed by atoms with Crippen molar-refractivity contribution < 1.29 is 9.47 Å². The molecular formula is C12H20ClNO2. The van der Waals surface area contributed by atoms with Crippen molar-refractivity contribution in [1.82, 2.24) is 4.90 Å². The highest BCUT2D eigenvalue weighted by atomic mass is 35.5. The summed E-state index contributed by atoms with van der Waals surface area (Å²) in [6, 6.07) is 9.78. The molecule has 0 N–H and O–H groups in total. The maximum absolute atomic E-state index is 5.47. The lowest BCUT2D eigenvalue weighted by atomic mass is 10.3. The number of nitrogens with zero attached hydrogens (tertiary/aromatic N) is 1. The zero-order valence-corrected chi connectivity index (χ0v) is 10.7. The second kappa shape index (κ2) is 9.46. The van der Waals surface area contributed by atoms with Gasteiger partial charge in [0.25, 0.3) is 0 Å². The van der Waals surface area contributed by atoms with Crippen LogP contribution in [0.1, 0.15) is 0 Å². The van der Waals surface area contributed by atoms with Crippen molar-refractivity contribution >= 4 is 12.4 Å². The molecule has 0 aliphatic rings. The molecule has 0 atom stereocenters. The molecule has 1 aromatic rings. The fourth-order valence-electron chi connectivity index (χ4n) is 1.08. The van der Waals surface area contributed by atoms with Gasteiger partial charge in [0, 0.05) is 6.54 Å². The van der Waals surface area contributed by atoms with E-state index in [0.717, 1.165) is 18.9 Å². The van der Waals surface area contributed by atoms with Gasteiger partial charge in [0.2, 0.25) is 0 Å². The number of para-hydroxylation sites is 1. The maximum atomic E-state index is 5.47. The van der Waals surface area contributed by atoms with Crippen LogP contribution in [0.2, 0.25) is 0 Å². The van der Waals surface area contributed by atoms with Crippen molar-refractivity contribution in [1.29, 1.82) is 0 Å². The molecule has 16 heavy (non-hydrogen) atoms. The highest BCUT2D eigenvalue weighted by Gasteiger charge is 1.93. The van der Waals surface area contributed by atoms with Gasteiger partial charge in [-0.25, -0.2) is 0 Å². The zero-order chi connectivity index (χ0) is 10.9. The highest BCUT2D eigenvalue weighted by molar-refractivity contribution is 5.85. The van der Waals surface area contributed by atoms with Crippen molar-refractivity contribution in [3.63, 3.8) is 0 Å². The van der Waals surface area contributed by atoms with Crippen molar-refractivity contribution in [2.75, 3.05) is 40.5 Å². The smallest absolute Gasteiger partial charge is 0.119 e. The Morgan fingerprint density at radius 2 is 1.69 bits per heavy atom. The Morgan fingerprint density at radius 3 is 2.31 bits per heavy atom. The molecule has 0 radical (unpaired) electrons. The predicted octanol–water partition coefficient (Wildman–Crippen LogP) is 2.07. The van der Waals surface area contributed by atoms with E-state index in [9.17, 15) is 0 Å². The Bertz CT molecular complexity index is 254. The van der Waals surface area contributed by atoms with Crippen LogP contribution in [0.5, 0.6) is 5.75 Å². The van der Waals surface area contributed by atoms with E-state index in [1.54, 1.807) is 0 Å². The lowest BCUT2D eigenvalue weighted by molar-refractivity contribution is 0.0890. The summed E-state index contributed by atoms with van der Waals surface area (Å²) in [6.07, 6.45) is 0. The first-order valence-corrected chi connectivity index (χ1v) is 5.19. The first-order valence-electron chi connectivity index (χ1n) is 5.19. The lowest BCUT2D eigenvalue weighted by Crippen LogP contribution is -2.19. The molecule has 0 aromatic heterocycles. The number of hydrogen-bond acceptors (Lipinski definition) is 3. The van der Waals surface area contributed by atoms with Crippen LogP contribution >= 0.6 is 12.4 Å². The first kappa shape index (κ1) is 15.2. The van der Waals surface area contributed by atoms with Crippen molar-refractivity contribution in [2.45, 2.75) is 0 Å². The van der Waals surface area contributed by atoms with Crippen molar-refractivity contribution in [3.05, 3.63) is 30.3 Å². The summed E-state index contributed by atoms with van der Waals surface area (Å²) in [5.41, 5.74) is 0. The Balaban J connectivity index is 0.00000225. The van der Waals surface area contributed by atoms with Crippen molar-refractivity contribution in [3.8, 4) is 5.75 Å². The summed E-state index contributed by atoms with van der Waals surface area (Å²) >= 11 is 0. The normalized spacial score (nSPS) is 9.94. The standard InChI is InChI=1S/C12H19NO2.ClH/c1-13(2)8-9-14-10-11-15-12-6-4-3-5-7-12;/h3-7H,8-11H2,1-2H3;1H. The van der Waals surface area contributed by atoms with Gasteiger partial charge in [-0.05, 0) is 26.2 Å². The third kappa shape index (κ3) is 7.51. The highest BCUT2D eigenvalue weighted by Crippen LogP contribution is 2.07. The summed E-state index contributed by atoms with van der Waals surface area (Å²) in [7, 11) is 4.06. The molecule has 0 unspecified atom stereocenters. The predicted molar refractivity (Wildman–Crippen MR) is 68.6 cm³/mol. The minimum atomic E-state index is 0. The molecule has 1 rings (SSSR count). The van der Waals surface area contributed by atoms with Crippen LogP contribution in [0.15, 0.2) is 30.3 Å². The van der Waals surface area contributed by atoms with Gasteiger partial charge in [0.1, 0.15) is 12.4 Å². The molecular weight excluding hydrogens is 226 g/mol. The number of halogens is 1. The SMILES string of the molecule is CN(C)CCOCCOc1ccccc1.Cl. The van der Waals surface area contributed by atoms with Crippen LogP contribution in [0.3, 0.4) is 0 Å². The van der Waals surface area contributed by atoms with Gasteiger partial charge in [-0.2, -0.15) is 0 Å². The van der Waals surface area contributed by atoms with E-state index in [1.807, 2.05) is 44.4 Å². The molecule has 0 fully saturated rings. The molecule has 3 nitrogen and oxygen atoms in total. The van der Waals surface area contributed by atoms with E-state index >= 15 is 0 Å². The van der Waals surface area contributed by atoms with Gasteiger partial charge in [-0.1, -0.05) is 18.2 Å². The molecule has 0 saturated carbocycles. The van der Waals surface area contributed by atoms with Crippen LogP contribution in [-0.4, -0.2) is 45.4 Å². The Labute approximate surface area is 104 Å². The molecule has 0 heterocycles. The molecule has 1 aromatic carbocycles. The molecule has 92 valence electrons. The third-order valence-electron chi connectivity index (χ3n) is 1.92. The van der Waals surface area contributed by atoms with Crippen LogP contribution in [0, 0.1) is 0 Å². The van der Waals surface area contributed by atoms with E-state index in [-0.39, 0.29) is 12.4 Å². The lowest BCUT2D eigenvalue weighted by Gasteiger charge is -2.10. The number of benzene rings is 1. The molecule has 0 amide bonds. The fraction of sp³-hybridized carbons (Fsp3) is 0.500. The van der Waals surface area contributed by atoms with Crippen LogP contribution in [0.4, 0.5) is 0 Å².